The highest BCUT2D eigenvalue weighted by Crippen LogP contribution is 2.33. The van der Waals surface area contributed by atoms with Crippen LogP contribution in [0.3, 0.4) is 0 Å². The van der Waals surface area contributed by atoms with Crippen LogP contribution in [0.5, 0.6) is 5.75 Å². The highest BCUT2D eigenvalue weighted by molar-refractivity contribution is 5.68. The highest BCUT2D eigenvalue weighted by atomic mass is 16.5. The van der Waals surface area contributed by atoms with Crippen LogP contribution in [0.15, 0.2) is 54.7 Å². The Kier molecular flexibility index (Phi) is 6.33. The third-order valence-electron chi connectivity index (χ3n) is 5.09. The van der Waals surface area contributed by atoms with Crippen molar-refractivity contribution in [3.8, 4) is 22.6 Å². The topological polar surface area (TPSA) is 27.1 Å². The van der Waals surface area contributed by atoms with Gasteiger partial charge in [-0.3, -0.25) is 0 Å². The zero-order chi connectivity index (χ0) is 19.2. The molecule has 0 bridgehead atoms. The number of nitrogens with zero attached hydrogens (tertiary/aromatic N) is 2. The second kappa shape index (κ2) is 8.90. The molecule has 0 N–H and O–H groups in total. The molecule has 3 rings (SSSR count). The Hall–Kier alpha value is -2.55. The zero-order valence-corrected chi connectivity index (χ0v) is 16.9. The normalized spacial score (nSPS) is 11.1. The molecule has 0 aliphatic heterocycles. The average molecular weight is 363 g/mol. The lowest BCUT2D eigenvalue weighted by molar-refractivity contribution is 0.317. The van der Waals surface area contributed by atoms with E-state index in [1.165, 1.54) is 22.4 Å². The van der Waals surface area contributed by atoms with Crippen LogP contribution in [0.1, 0.15) is 57.2 Å². The largest absolute Gasteiger partial charge is 0.494 e. The van der Waals surface area contributed by atoms with Crippen molar-refractivity contribution in [1.82, 2.24) is 9.78 Å². The fraction of sp³-hybridized carbons (Fsp3) is 0.375. The van der Waals surface area contributed by atoms with Crippen LogP contribution < -0.4 is 4.74 Å². The van der Waals surface area contributed by atoms with Gasteiger partial charge >= 0.3 is 0 Å². The summed E-state index contributed by atoms with van der Waals surface area (Å²) in [6.07, 6.45) is 5.34. The third-order valence-corrected chi connectivity index (χ3v) is 5.09. The highest BCUT2D eigenvalue weighted by Gasteiger charge is 2.15. The minimum Gasteiger partial charge on any atom is -0.494 e. The smallest absolute Gasteiger partial charge is 0.119 e. The molecule has 0 saturated heterocycles. The van der Waals surface area contributed by atoms with Crippen molar-refractivity contribution in [2.75, 3.05) is 6.61 Å². The number of hydrogen-bond donors (Lipinski definition) is 0. The maximum atomic E-state index is 5.71. The first-order valence-corrected chi connectivity index (χ1v) is 10.1. The molecule has 0 unspecified atom stereocenters. The van der Waals surface area contributed by atoms with E-state index in [4.69, 9.17) is 4.74 Å². The lowest BCUT2D eigenvalue weighted by Crippen LogP contribution is -2.05. The molecule has 3 nitrogen and oxygen atoms in total. The lowest BCUT2D eigenvalue weighted by atomic mass is 9.90. The molecule has 0 amide bonds. The van der Waals surface area contributed by atoms with Crippen molar-refractivity contribution in [2.45, 2.75) is 52.9 Å². The second-order valence-electron chi connectivity index (χ2n) is 7.06. The first-order valence-electron chi connectivity index (χ1n) is 10.1. The Morgan fingerprint density at radius 3 is 2.22 bits per heavy atom. The Labute approximate surface area is 163 Å². The molecule has 3 heteroatoms. The van der Waals surface area contributed by atoms with E-state index in [-0.39, 0.29) is 0 Å². The Morgan fingerprint density at radius 1 is 0.926 bits per heavy atom. The van der Waals surface area contributed by atoms with Crippen LogP contribution in [0.2, 0.25) is 0 Å². The minimum atomic E-state index is 0.545. The molecule has 3 aromatic rings. The van der Waals surface area contributed by atoms with E-state index >= 15 is 0 Å². The summed E-state index contributed by atoms with van der Waals surface area (Å²) < 4.78 is 7.73. The van der Waals surface area contributed by atoms with Crippen molar-refractivity contribution in [3.05, 3.63) is 66.0 Å². The van der Waals surface area contributed by atoms with Gasteiger partial charge < -0.3 is 4.74 Å². The number of benzene rings is 2. The molecule has 0 spiro atoms. The molecule has 0 fully saturated rings. The van der Waals surface area contributed by atoms with E-state index in [9.17, 15) is 0 Å². The van der Waals surface area contributed by atoms with Crippen molar-refractivity contribution in [3.63, 3.8) is 0 Å². The van der Waals surface area contributed by atoms with E-state index in [2.05, 4.69) is 80.6 Å². The van der Waals surface area contributed by atoms with Gasteiger partial charge in [0.25, 0.3) is 0 Å². The van der Waals surface area contributed by atoms with Crippen LogP contribution >= 0.6 is 0 Å². The van der Waals surface area contributed by atoms with Gasteiger partial charge in [0.15, 0.2) is 0 Å². The Bertz CT molecular complexity index is 860. The summed E-state index contributed by atoms with van der Waals surface area (Å²) in [5.74, 6) is 1.47. The summed E-state index contributed by atoms with van der Waals surface area (Å²) >= 11 is 0. The van der Waals surface area contributed by atoms with Gasteiger partial charge in [0.2, 0.25) is 0 Å². The van der Waals surface area contributed by atoms with Crippen molar-refractivity contribution in [2.24, 2.45) is 0 Å². The van der Waals surface area contributed by atoms with E-state index in [0.717, 1.165) is 37.3 Å². The average Bonchev–Trinajstić information content (AvgIpc) is 3.14. The summed E-state index contributed by atoms with van der Waals surface area (Å²) in [6.45, 7) is 9.43. The molecule has 0 saturated carbocycles. The van der Waals surface area contributed by atoms with Gasteiger partial charge in [-0.05, 0) is 73.1 Å². The van der Waals surface area contributed by atoms with Crippen molar-refractivity contribution < 1.29 is 4.74 Å². The summed E-state index contributed by atoms with van der Waals surface area (Å²) in [5.41, 5.74) is 5.98. The van der Waals surface area contributed by atoms with Gasteiger partial charge in [0.1, 0.15) is 5.75 Å². The molecule has 0 aliphatic rings. The summed E-state index contributed by atoms with van der Waals surface area (Å²) in [5, 5.41) is 4.67. The second-order valence-corrected chi connectivity index (χ2v) is 7.06. The van der Waals surface area contributed by atoms with Gasteiger partial charge in [-0.15, -0.1) is 0 Å². The monoisotopic (exact) mass is 362 g/mol. The maximum absolute atomic E-state index is 5.71. The van der Waals surface area contributed by atoms with Crippen molar-refractivity contribution in [1.29, 1.82) is 0 Å². The maximum Gasteiger partial charge on any atom is 0.119 e. The van der Waals surface area contributed by atoms with Crippen LogP contribution in [-0.2, 0) is 0 Å². The van der Waals surface area contributed by atoms with E-state index in [1.807, 2.05) is 11.6 Å². The summed E-state index contributed by atoms with van der Waals surface area (Å²) in [4.78, 5) is 0. The molecule has 142 valence electrons. The molecule has 1 aromatic heterocycles. The third kappa shape index (κ3) is 4.41. The molecule has 0 radical (unpaired) electrons. The number of rotatable bonds is 8. The molecular weight excluding hydrogens is 332 g/mol. The van der Waals surface area contributed by atoms with E-state index < -0.39 is 0 Å². The fourth-order valence-electron chi connectivity index (χ4n) is 3.51. The summed E-state index contributed by atoms with van der Waals surface area (Å²) in [6, 6.07) is 17.2. The number of ether oxygens (including phenoxy) is 1. The fourth-order valence-corrected chi connectivity index (χ4v) is 3.51. The predicted octanol–water partition coefficient (Wildman–Crippen LogP) is 6.54. The Morgan fingerprint density at radius 2 is 1.63 bits per heavy atom. The van der Waals surface area contributed by atoms with Gasteiger partial charge in [-0.2, -0.15) is 5.10 Å². The number of aryl methyl sites for hydroxylation is 1. The molecule has 0 aliphatic carbocycles. The zero-order valence-electron chi connectivity index (χ0n) is 16.9. The molecule has 27 heavy (non-hydrogen) atoms. The minimum absolute atomic E-state index is 0.545. The van der Waals surface area contributed by atoms with E-state index in [1.54, 1.807) is 0 Å². The quantitative estimate of drug-likeness (QED) is 0.455. The molecule has 2 aromatic carbocycles. The molecule has 0 atom stereocenters. The Balaban J connectivity index is 2.00. The van der Waals surface area contributed by atoms with Crippen LogP contribution in [0.4, 0.5) is 0 Å². The van der Waals surface area contributed by atoms with Crippen molar-refractivity contribution >= 4 is 0 Å². The lowest BCUT2D eigenvalue weighted by Gasteiger charge is -2.19. The predicted molar refractivity (Wildman–Crippen MR) is 113 cm³/mol. The van der Waals surface area contributed by atoms with Crippen LogP contribution in [0, 0.1) is 6.92 Å². The van der Waals surface area contributed by atoms with Crippen LogP contribution in [0.25, 0.3) is 16.8 Å². The number of hydrogen-bond acceptors (Lipinski definition) is 2. The van der Waals surface area contributed by atoms with Gasteiger partial charge in [0, 0.05) is 6.20 Å². The van der Waals surface area contributed by atoms with Crippen LogP contribution in [-0.4, -0.2) is 16.4 Å². The molecule has 1 heterocycles. The summed E-state index contributed by atoms with van der Waals surface area (Å²) in [7, 11) is 0. The van der Waals surface area contributed by atoms with Gasteiger partial charge in [-0.1, -0.05) is 45.0 Å². The SMILES string of the molecule is CCCOc1ccc(-c2ccc(C(CC)CC)c(-n3ccc(C)n3)c2)cc1. The van der Waals surface area contributed by atoms with Gasteiger partial charge in [-0.25, -0.2) is 4.68 Å². The molecular formula is C24H30N2O. The first-order chi connectivity index (χ1) is 13.2. The van der Waals surface area contributed by atoms with E-state index in [0.29, 0.717) is 5.92 Å². The standard InChI is InChI=1S/C24H30N2O/c1-5-16-27-22-11-8-20(9-12-22)21-10-13-23(19(6-2)7-3)24(17-21)26-15-14-18(4)25-26/h8-15,17,19H,5-7,16H2,1-4H3. The van der Waals surface area contributed by atoms with Gasteiger partial charge in [0.05, 0.1) is 18.0 Å². The number of aromatic nitrogens is 2. The first kappa shape index (κ1) is 19.2.